The molecule has 0 aromatic heterocycles. The van der Waals surface area contributed by atoms with Gasteiger partial charge in [0.2, 0.25) is 0 Å². The van der Waals surface area contributed by atoms with Crippen molar-refractivity contribution in [3.63, 3.8) is 0 Å². The first-order valence-electron chi connectivity index (χ1n) is 6.73. The third-order valence-electron chi connectivity index (χ3n) is 3.59. The van der Waals surface area contributed by atoms with Crippen LogP contribution in [-0.4, -0.2) is 31.3 Å². The van der Waals surface area contributed by atoms with Crippen LogP contribution in [-0.2, 0) is 0 Å². The highest BCUT2D eigenvalue weighted by molar-refractivity contribution is 8.00. The van der Waals surface area contributed by atoms with Crippen molar-refractivity contribution in [1.82, 2.24) is 5.32 Å². The summed E-state index contributed by atoms with van der Waals surface area (Å²) in [5.74, 6) is 2.98. The zero-order valence-electron chi connectivity index (χ0n) is 12.1. The van der Waals surface area contributed by atoms with Crippen LogP contribution in [0.1, 0.15) is 31.9 Å². The normalized spacial score (nSPS) is 24.2. The van der Waals surface area contributed by atoms with Gasteiger partial charge in [0.1, 0.15) is 11.5 Å². The Morgan fingerprint density at radius 3 is 2.68 bits per heavy atom. The van der Waals surface area contributed by atoms with Crippen molar-refractivity contribution in [2.45, 2.75) is 37.6 Å². The van der Waals surface area contributed by atoms with Gasteiger partial charge in [0.15, 0.2) is 0 Å². The van der Waals surface area contributed by atoms with Gasteiger partial charge < -0.3 is 14.8 Å². The van der Waals surface area contributed by atoms with Gasteiger partial charge in [-0.1, -0.05) is 6.92 Å². The number of nitrogens with one attached hydrogen (secondary N) is 1. The van der Waals surface area contributed by atoms with E-state index >= 15 is 0 Å². The molecule has 0 amide bonds. The van der Waals surface area contributed by atoms with E-state index in [2.05, 4.69) is 25.2 Å². The minimum absolute atomic E-state index is 0.265. The van der Waals surface area contributed by atoms with E-state index < -0.39 is 0 Å². The van der Waals surface area contributed by atoms with Crippen LogP contribution in [0.25, 0.3) is 0 Å². The van der Waals surface area contributed by atoms with Crippen LogP contribution in [0.15, 0.2) is 18.2 Å². The number of ether oxygens (including phenoxy) is 2. The van der Waals surface area contributed by atoms with E-state index in [1.54, 1.807) is 14.2 Å². The second-order valence-corrected chi connectivity index (χ2v) is 6.54. The van der Waals surface area contributed by atoms with Crippen molar-refractivity contribution in [1.29, 1.82) is 0 Å². The lowest BCUT2D eigenvalue weighted by Gasteiger charge is -2.21. The number of thioether (sulfide) groups is 1. The average Bonchev–Trinajstić information content (AvgIpc) is 2.83. The lowest BCUT2D eigenvalue weighted by Crippen LogP contribution is -2.31. The van der Waals surface area contributed by atoms with E-state index in [-0.39, 0.29) is 6.04 Å². The molecular formula is C15H23NO2S. The van der Waals surface area contributed by atoms with Gasteiger partial charge in [0, 0.05) is 28.6 Å². The lowest BCUT2D eigenvalue weighted by molar-refractivity contribution is 0.386. The fraction of sp³-hybridized carbons (Fsp3) is 0.600. The Hall–Kier alpha value is -0.870. The predicted molar refractivity (Wildman–Crippen MR) is 81.4 cm³/mol. The minimum atomic E-state index is 0.265. The first-order valence-corrected chi connectivity index (χ1v) is 7.78. The van der Waals surface area contributed by atoms with Gasteiger partial charge in [-0.15, -0.1) is 0 Å². The Bertz CT molecular complexity index is 425. The summed E-state index contributed by atoms with van der Waals surface area (Å²) in [6.07, 6.45) is 1.24. The third kappa shape index (κ3) is 3.57. The molecular weight excluding hydrogens is 258 g/mol. The standard InChI is InChI=1S/C15H23NO2S/c1-10-7-12(9-19-10)16-11(2)14-8-13(17-3)5-6-15(14)18-4/h5-6,8,10-12,16H,7,9H2,1-4H3. The molecule has 3 nitrogen and oxygen atoms in total. The fourth-order valence-corrected chi connectivity index (χ4v) is 3.72. The van der Waals surface area contributed by atoms with Crippen LogP contribution in [0.4, 0.5) is 0 Å². The van der Waals surface area contributed by atoms with Crippen LogP contribution in [0.5, 0.6) is 11.5 Å². The fourth-order valence-electron chi connectivity index (χ4n) is 2.55. The Balaban J connectivity index is 2.10. The maximum atomic E-state index is 5.45. The number of methoxy groups -OCH3 is 2. The Morgan fingerprint density at radius 2 is 2.11 bits per heavy atom. The SMILES string of the molecule is COc1ccc(OC)c(C(C)NC2CSC(C)C2)c1. The highest BCUT2D eigenvalue weighted by atomic mass is 32.2. The number of rotatable bonds is 5. The highest BCUT2D eigenvalue weighted by Gasteiger charge is 2.24. The van der Waals surface area contributed by atoms with Gasteiger partial charge >= 0.3 is 0 Å². The van der Waals surface area contributed by atoms with Crippen LogP contribution in [0, 0.1) is 0 Å². The first kappa shape index (κ1) is 14.5. The highest BCUT2D eigenvalue weighted by Crippen LogP contribution is 2.32. The van der Waals surface area contributed by atoms with Gasteiger partial charge in [-0.25, -0.2) is 0 Å². The van der Waals surface area contributed by atoms with Crippen molar-refractivity contribution in [2.75, 3.05) is 20.0 Å². The smallest absolute Gasteiger partial charge is 0.123 e. The lowest BCUT2D eigenvalue weighted by atomic mass is 10.0. The second kappa shape index (κ2) is 6.53. The molecule has 0 spiro atoms. The van der Waals surface area contributed by atoms with Crippen LogP contribution in [0.2, 0.25) is 0 Å². The maximum Gasteiger partial charge on any atom is 0.123 e. The quantitative estimate of drug-likeness (QED) is 0.897. The largest absolute Gasteiger partial charge is 0.497 e. The molecule has 19 heavy (non-hydrogen) atoms. The molecule has 4 heteroatoms. The zero-order valence-corrected chi connectivity index (χ0v) is 12.9. The van der Waals surface area contributed by atoms with Crippen molar-refractivity contribution in [2.24, 2.45) is 0 Å². The average molecular weight is 281 g/mol. The predicted octanol–water partition coefficient (Wildman–Crippen LogP) is 3.25. The van der Waals surface area contributed by atoms with Crippen molar-refractivity contribution < 1.29 is 9.47 Å². The molecule has 1 N–H and O–H groups in total. The topological polar surface area (TPSA) is 30.5 Å². The number of benzene rings is 1. The van der Waals surface area contributed by atoms with Crippen molar-refractivity contribution in [3.8, 4) is 11.5 Å². The summed E-state index contributed by atoms with van der Waals surface area (Å²) in [5, 5.41) is 4.46. The second-order valence-electron chi connectivity index (χ2n) is 5.07. The molecule has 0 bridgehead atoms. The molecule has 1 saturated heterocycles. The molecule has 3 atom stereocenters. The molecule has 0 saturated carbocycles. The Labute approximate surface area is 120 Å². The summed E-state index contributed by atoms with van der Waals surface area (Å²) in [4.78, 5) is 0. The molecule has 1 heterocycles. The molecule has 0 aliphatic carbocycles. The monoisotopic (exact) mass is 281 g/mol. The van der Waals surface area contributed by atoms with E-state index in [1.165, 1.54) is 12.2 Å². The van der Waals surface area contributed by atoms with Gasteiger partial charge in [0.25, 0.3) is 0 Å². The van der Waals surface area contributed by atoms with Crippen molar-refractivity contribution in [3.05, 3.63) is 23.8 Å². The molecule has 1 aromatic carbocycles. The minimum Gasteiger partial charge on any atom is -0.497 e. The van der Waals surface area contributed by atoms with Gasteiger partial charge in [-0.2, -0.15) is 11.8 Å². The molecule has 1 aromatic rings. The summed E-state index contributed by atoms with van der Waals surface area (Å²) in [6, 6.07) is 6.81. The van der Waals surface area contributed by atoms with Crippen molar-refractivity contribution >= 4 is 11.8 Å². The maximum absolute atomic E-state index is 5.45. The number of hydrogen-bond acceptors (Lipinski definition) is 4. The van der Waals surface area contributed by atoms with Gasteiger partial charge in [0.05, 0.1) is 14.2 Å². The molecule has 0 radical (unpaired) electrons. The van der Waals surface area contributed by atoms with Crippen LogP contribution >= 0.6 is 11.8 Å². The van der Waals surface area contributed by atoms with Gasteiger partial charge in [-0.3, -0.25) is 0 Å². The molecule has 3 unspecified atom stereocenters. The zero-order chi connectivity index (χ0) is 13.8. The molecule has 1 aliphatic heterocycles. The van der Waals surface area contributed by atoms with E-state index in [4.69, 9.17) is 9.47 Å². The van der Waals surface area contributed by atoms with Crippen LogP contribution < -0.4 is 14.8 Å². The van der Waals surface area contributed by atoms with E-state index in [1.807, 2.05) is 23.9 Å². The molecule has 2 rings (SSSR count). The Morgan fingerprint density at radius 1 is 1.32 bits per heavy atom. The summed E-state index contributed by atoms with van der Waals surface area (Å²) >= 11 is 2.04. The van der Waals surface area contributed by atoms with E-state index in [0.29, 0.717) is 6.04 Å². The van der Waals surface area contributed by atoms with Crippen LogP contribution in [0.3, 0.4) is 0 Å². The summed E-state index contributed by atoms with van der Waals surface area (Å²) < 4.78 is 10.8. The molecule has 106 valence electrons. The molecule has 1 fully saturated rings. The number of hydrogen-bond donors (Lipinski definition) is 1. The first-order chi connectivity index (χ1) is 9.13. The van der Waals surface area contributed by atoms with E-state index in [0.717, 1.165) is 22.3 Å². The Kier molecular flexibility index (Phi) is 4.99. The van der Waals surface area contributed by atoms with Gasteiger partial charge in [-0.05, 0) is 31.5 Å². The summed E-state index contributed by atoms with van der Waals surface area (Å²) in [6.45, 7) is 4.48. The molecule has 1 aliphatic rings. The summed E-state index contributed by atoms with van der Waals surface area (Å²) in [7, 11) is 3.41. The van der Waals surface area contributed by atoms with E-state index in [9.17, 15) is 0 Å². The third-order valence-corrected chi connectivity index (χ3v) is 4.94. The summed E-state index contributed by atoms with van der Waals surface area (Å²) in [5.41, 5.74) is 1.16.